The summed E-state index contributed by atoms with van der Waals surface area (Å²) in [5.41, 5.74) is 13.6. The van der Waals surface area contributed by atoms with Crippen molar-refractivity contribution in [2.45, 2.75) is 53.9 Å². The predicted octanol–water partition coefficient (Wildman–Crippen LogP) is 8.38. The minimum absolute atomic E-state index is 0.0337. The van der Waals surface area contributed by atoms with E-state index in [0.717, 1.165) is 6.42 Å². The molecule has 2 aromatic rings. The van der Waals surface area contributed by atoms with E-state index in [1.165, 1.54) is 42.3 Å². The highest BCUT2D eigenvalue weighted by atomic mass is 79.9. The lowest BCUT2D eigenvalue weighted by Gasteiger charge is -2.48. The highest BCUT2D eigenvalue weighted by molar-refractivity contribution is 9.10. The third-order valence-electron chi connectivity index (χ3n) is 7.51. The molecule has 0 saturated carbocycles. The second-order valence-corrected chi connectivity index (χ2v) is 11.7. The van der Waals surface area contributed by atoms with E-state index in [0.29, 0.717) is 5.92 Å². The lowest BCUT2D eigenvalue weighted by atomic mass is 9.55. The van der Waals surface area contributed by atoms with Gasteiger partial charge >= 0.3 is 0 Å². The van der Waals surface area contributed by atoms with E-state index in [9.17, 15) is 0 Å². The van der Waals surface area contributed by atoms with Crippen LogP contribution in [-0.4, -0.2) is 0 Å². The molecular formula is C26H26Br2. The Morgan fingerprint density at radius 2 is 1.54 bits per heavy atom. The zero-order chi connectivity index (χ0) is 20.2. The topological polar surface area (TPSA) is 0 Å². The molecule has 0 radical (unpaired) electrons. The van der Waals surface area contributed by atoms with Gasteiger partial charge in [-0.2, -0.15) is 0 Å². The van der Waals surface area contributed by atoms with Crippen LogP contribution in [0.3, 0.4) is 0 Å². The van der Waals surface area contributed by atoms with Gasteiger partial charge in [0.15, 0.2) is 0 Å². The van der Waals surface area contributed by atoms with Gasteiger partial charge in [-0.3, -0.25) is 0 Å². The van der Waals surface area contributed by atoms with Crippen LogP contribution in [0.5, 0.6) is 0 Å². The third-order valence-corrected chi connectivity index (χ3v) is 8.43. The number of hydrogen-bond donors (Lipinski definition) is 0. The van der Waals surface area contributed by atoms with Gasteiger partial charge in [-0.15, -0.1) is 0 Å². The molecule has 0 spiro atoms. The van der Waals surface area contributed by atoms with Crippen molar-refractivity contribution in [1.29, 1.82) is 0 Å². The minimum Gasteiger partial charge on any atom is -0.0552 e. The fraction of sp³-hybridized carbons (Fsp3) is 0.385. The van der Waals surface area contributed by atoms with Crippen LogP contribution in [0.1, 0.15) is 67.0 Å². The fourth-order valence-electron chi connectivity index (χ4n) is 6.18. The molecule has 0 fully saturated rings. The molecule has 1 unspecified atom stereocenters. The van der Waals surface area contributed by atoms with Crippen molar-refractivity contribution >= 4 is 43.5 Å². The molecular weight excluding hydrogens is 472 g/mol. The molecule has 144 valence electrons. The van der Waals surface area contributed by atoms with E-state index in [1.807, 2.05) is 0 Å². The van der Waals surface area contributed by atoms with Crippen molar-refractivity contribution in [3.8, 4) is 0 Å². The smallest absolute Gasteiger partial charge is 0.0184 e. The number of rotatable bonds is 0. The number of halogens is 2. The number of benzene rings is 2. The maximum atomic E-state index is 3.76. The highest BCUT2D eigenvalue weighted by Gasteiger charge is 2.54. The van der Waals surface area contributed by atoms with Crippen molar-refractivity contribution < 1.29 is 0 Å². The summed E-state index contributed by atoms with van der Waals surface area (Å²) in [6.45, 7) is 14.3. The molecule has 0 amide bonds. The average molecular weight is 498 g/mol. The van der Waals surface area contributed by atoms with Crippen molar-refractivity contribution in [2.24, 2.45) is 10.8 Å². The Labute approximate surface area is 185 Å². The van der Waals surface area contributed by atoms with E-state index in [1.54, 1.807) is 16.7 Å². The molecule has 28 heavy (non-hydrogen) atoms. The van der Waals surface area contributed by atoms with Gasteiger partial charge in [0.05, 0.1) is 0 Å². The first-order chi connectivity index (χ1) is 13.0. The van der Waals surface area contributed by atoms with Crippen LogP contribution >= 0.6 is 31.9 Å². The average Bonchev–Trinajstić information content (AvgIpc) is 3.14. The number of hydrogen-bond acceptors (Lipinski definition) is 0. The summed E-state index contributed by atoms with van der Waals surface area (Å²) in [4.78, 5) is 0. The van der Waals surface area contributed by atoms with Crippen LogP contribution in [0.15, 0.2) is 44.4 Å². The molecule has 5 rings (SSSR count). The Morgan fingerprint density at radius 1 is 0.893 bits per heavy atom. The largest absolute Gasteiger partial charge is 0.0552 e. The summed E-state index contributed by atoms with van der Waals surface area (Å²) in [5, 5.41) is 0. The van der Waals surface area contributed by atoms with Gasteiger partial charge in [-0.05, 0) is 88.9 Å². The molecule has 2 aromatic carbocycles. The number of aryl methyl sites for hydroxylation is 2. The molecule has 0 aliphatic heterocycles. The molecule has 0 heterocycles. The minimum atomic E-state index is 0.0337. The van der Waals surface area contributed by atoms with E-state index < -0.39 is 0 Å². The molecule has 1 atom stereocenters. The summed E-state index contributed by atoms with van der Waals surface area (Å²) in [6, 6.07) is 9.24. The Morgan fingerprint density at radius 3 is 2.25 bits per heavy atom. The number of allylic oxidation sites excluding steroid dienone is 3. The van der Waals surface area contributed by atoms with Crippen molar-refractivity contribution in [2.75, 3.05) is 0 Å². The molecule has 0 nitrogen and oxygen atoms in total. The second-order valence-electron chi connectivity index (χ2n) is 9.88. The third kappa shape index (κ3) is 2.28. The van der Waals surface area contributed by atoms with Gasteiger partial charge in [-0.1, -0.05) is 76.8 Å². The van der Waals surface area contributed by atoms with Crippen molar-refractivity contribution in [3.63, 3.8) is 0 Å². The lowest BCUT2D eigenvalue weighted by molar-refractivity contribution is 0.328. The van der Waals surface area contributed by atoms with E-state index >= 15 is 0 Å². The van der Waals surface area contributed by atoms with Crippen LogP contribution in [-0.2, 0) is 6.42 Å². The summed E-state index contributed by atoms with van der Waals surface area (Å²) in [5.74, 6) is 0.450. The van der Waals surface area contributed by atoms with Crippen LogP contribution in [0.2, 0.25) is 0 Å². The zero-order valence-electron chi connectivity index (χ0n) is 17.4. The quantitative estimate of drug-likeness (QED) is 0.342. The standard InChI is InChI=1S/C26H26Br2/c1-13-7-15(27)9-19-17(13)11-21-23(19)26(5,6)22-12-18-14(2)8-16(28)10-20(18)24(22)25(21,3)4/h7-11,23H,12H2,1-6H3. The highest BCUT2D eigenvalue weighted by Crippen LogP contribution is 2.67. The van der Waals surface area contributed by atoms with Gasteiger partial charge in [0.2, 0.25) is 0 Å². The Hall–Kier alpha value is -1.12. The maximum absolute atomic E-state index is 3.76. The maximum Gasteiger partial charge on any atom is 0.0184 e. The SMILES string of the molecule is Cc1cc(Br)cc2c1C=C1C2C(C)(C)C2=C(c3cc(Br)cc(C)c3C2)C1(C)C. The summed E-state index contributed by atoms with van der Waals surface area (Å²) in [7, 11) is 0. The van der Waals surface area contributed by atoms with E-state index in [-0.39, 0.29) is 10.8 Å². The van der Waals surface area contributed by atoms with Gasteiger partial charge in [0.1, 0.15) is 0 Å². The summed E-state index contributed by atoms with van der Waals surface area (Å²) >= 11 is 7.51. The van der Waals surface area contributed by atoms with Gasteiger partial charge in [0, 0.05) is 20.3 Å². The fourth-order valence-corrected chi connectivity index (χ4v) is 7.34. The summed E-state index contributed by atoms with van der Waals surface area (Å²) < 4.78 is 2.39. The molecule has 3 aliphatic carbocycles. The lowest BCUT2D eigenvalue weighted by Crippen LogP contribution is -2.36. The van der Waals surface area contributed by atoms with Crippen molar-refractivity contribution in [1.82, 2.24) is 0 Å². The normalized spacial score (nSPS) is 23.1. The van der Waals surface area contributed by atoms with Crippen LogP contribution in [0.25, 0.3) is 11.6 Å². The van der Waals surface area contributed by atoms with Crippen LogP contribution in [0, 0.1) is 24.7 Å². The Balaban J connectivity index is 1.82. The van der Waals surface area contributed by atoms with Crippen LogP contribution < -0.4 is 0 Å². The molecule has 0 bridgehead atoms. The monoisotopic (exact) mass is 496 g/mol. The second kappa shape index (κ2) is 5.73. The molecule has 3 aliphatic rings. The Bertz CT molecular complexity index is 1130. The predicted molar refractivity (Wildman–Crippen MR) is 127 cm³/mol. The number of fused-ring (bicyclic) bond motifs is 5. The molecule has 0 N–H and O–H groups in total. The molecule has 2 heteroatoms. The first kappa shape index (κ1) is 18.9. The molecule has 0 saturated heterocycles. The first-order valence-corrected chi connectivity index (χ1v) is 11.7. The molecule has 0 aromatic heterocycles. The Kier molecular flexibility index (Phi) is 3.86. The summed E-state index contributed by atoms with van der Waals surface area (Å²) in [6.07, 6.45) is 3.60. The van der Waals surface area contributed by atoms with Crippen molar-refractivity contribution in [3.05, 3.63) is 77.7 Å². The zero-order valence-corrected chi connectivity index (χ0v) is 20.6. The first-order valence-electron chi connectivity index (χ1n) is 10.1. The van der Waals surface area contributed by atoms with Gasteiger partial charge in [0.25, 0.3) is 0 Å². The van der Waals surface area contributed by atoms with Gasteiger partial charge in [-0.25, -0.2) is 0 Å². The van der Waals surface area contributed by atoms with E-state index in [2.05, 4.69) is 104 Å². The van der Waals surface area contributed by atoms with Crippen LogP contribution in [0.4, 0.5) is 0 Å². The van der Waals surface area contributed by atoms with Gasteiger partial charge < -0.3 is 0 Å². The van der Waals surface area contributed by atoms with E-state index in [4.69, 9.17) is 0 Å².